The first-order valence-electron chi connectivity index (χ1n) is 5.43. The van der Waals surface area contributed by atoms with Crippen molar-refractivity contribution in [2.75, 3.05) is 0 Å². The van der Waals surface area contributed by atoms with Crippen molar-refractivity contribution in [1.29, 1.82) is 0 Å². The molecule has 1 aromatic rings. The lowest BCUT2D eigenvalue weighted by Crippen LogP contribution is -2.04. The monoisotopic (exact) mass is 286 g/mol. The van der Waals surface area contributed by atoms with Gasteiger partial charge in [0.15, 0.2) is 0 Å². The minimum atomic E-state index is 0.456. The molecule has 0 saturated heterocycles. The lowest BCUT2D eigenvalue weighted by molar-refractivity contribution is 0.667. The molecule has 1 aromatic heterocycles. The molecule has 1 saturated carbocycles. The number of rotatable bonds is 3. The number of aromatic nitrogens is 2. The van der Waals surface area contributed by atoms with Crippen LogP contribution in [0.5, 0.6) is 0 Å². The smallest absolute Gasteiger partial charge is 0.144 e. The van der Waals surface area contributed by atoms with Crippen LogP contribution in [0.2, 0.25) is 0 Å². The molecule has 0 radical (unpaired) electrons. The lowest BCUT2D eigenvalue weighted by atomic mass is 10.1. The van der Waals surface area contributed by atoms with E-state index in [0.29, 0.717) is 16.5 Å². The molecule has 1 unspecified atom stereocenters. The van der Waals surface area contributed by atoms with Gasteiger partial charge in [-0.2, -0.15) is 0 Å². The van der Waals surface area contributed by atoms with Crippen molar-refractivity contribution >= 4 is 28.1 Å². The zero-order valence-electron chi connectivity index (χ0n) is 9.01. The minimum absolute atomic E-state index is 0.456. The average molecular weight is 287 g/mol. The van der Waals surface area contributed by atoms with Crippen LogP contribution in [-0.4, -0.2) is 9.97 Å². The van der Waals surface area contributed by atoms with Crippen molar-refractivity contribution in [3.63, 3.8) is 0 Å². The summed E-state index contributed by atoms with van der Waals surface area (Å²) in [6.45, 7) is 4.35. The number of H-pyrrole nitrogens is 1. The molecule has 0 aromatic carbocycles. The zero-order valence-corrected chi connectivity index (χ0v) is 11.4. The minimum Gasteiger partial charge on any atom is -0.346 e. The van der Waals surface area contributed by atoms with Crippen LogP contribution >= 0.6 is 28.1 Å². The summed E-state index contributed by atoms with van der Waals surface area (Å²) in [6.07, 6.45) is 3.63. The van der Waals surface area contributed by atoms with E-state index in [1.165, 1.54) is 18.5 Å². The Labute approximate surface area is 104 Å². The molecule has 1 fully saturated rings. The van der Waals surface area contributed by atoms with Gasteiger partial charge in [0.25, 0.3) is 0 Å². The van der Waals surface area contributed by atoms with Crippen molar-refractivity contribution < 1.29 is 0 Å². The maximum Gasteiger partial charge on any atom is 0.144 e. The quantitative estimate of drug-likeness (QED) is 0.840. The van der Waals surface area contributed by atoms with Gasteiger partial charge in [0.1, 0.15) is 10.5 Å². The second kappa shape index (κ2) is 4.34. The van der Waals surface area contributed by atoms with E-state index in [1.807, 2.05) is 0 Å². The maximum absolute atomic E-state index is 5.26. The van der Waals surface area contributed by atoms with Gasteiger partial charge in [-0.15, -0.1) is 0 Å². The molecule has 0 bridgehead atoms. The van der Waals surface area contributed by atoms with Gasteiger partial charge in [-0.25, -0.2) is 4.98 Å². The molecule has 15 heavy (non-hydrogen) atoms. The first-order valence-corrected chi connectivity index (χ1v) is 6.63. The third-order valence-corrected chi connectivity index (χ3v) is 4.33. The molecule has 0 amide bonds. The van der Waals surface area contributed by atoms with Crippen LogP contribution in [0.25, 0.3) is 0 Å². The summed E-state index contributed by atoms with van der Waals surface area (Å²) in [6, 6.07) is 0. The predicted octanol–water partition coefficient (Wildman–Crippen LogP) is 4.29. The highest BCUT2D eigenvalue weighted by molar-refractivity contribution is 9.10. The van der Waals surface area contributed by atoms with E-state index < -0.39 is 0 Å². The van der Waals surface area contributed by atoms with Crippen LogP contribution in [0.15, 0.2) is 4.47 Å². The Bertz CT molecular complexity index is 423. The van der Waals surface area contributed by atoms with Crippen LogP contribution in [0.3, 0.4) is 0 Å². The fourth-order valence-electron chi connectivity index (χ4n) is 1.57. The summed E-state index contributed by atoms with van der Waals surface area (Å²) in [5, 5.41) is 0. The predicted molar refractivity (Wildman–Crippen MR) is 67.8 cm³/mol. The van der Waals surface area contributed by atoms with E-state index in [1.54, 1.807) is 0 Å². The number of nitrogens with zero attached hydrogens (tertiary/aromatic N) is 1. The van der Waals surface area contributed by atoms with Crippen LogP contribution in [-0.2, 0) is 0 Å². The van der Waals surface area contributed by atoms with Crippen molar-refractivity contribution in [3.05, 3.63) is 20.6 Å². The number of nitrogens with one attached hydrogen (secondary N) is 1. The van der Waals surface area contributed by atoms with Crippen molar-refractivity contribution in [3.8, 4) is 0 Å². The van der Waals surface area contributed by atoms with Gasteiger partial charge in [0.2, 0.25) is 0 Å². The largest absolute Gasteiger partial charge is 0.346 e. The summed E-state index contributed by atoms with van der Waals surface area (Å²) in [5.41, 5.74) is 1.25. The van der Waals surface area contributed by atoms with Crippen LogP contribution in [0.1, 0.15) is 56.5 Å². The highest BCUT2D eigenvalue weighted by Gasteiger charge is 2.27. The maximum atomic E-state index is 5.26. The Kier molecular flexibility index (Phi) is 3.26. The molecular weight excluding hydrogens is 272 g/mol. The SMILES string of the molecule is CCC(C)c1nc(=S)c(Br)c(C2CC2)[nH]1. The summed E-state index contributed by atoms with van der Waals surface area (Å²) in [4.78, 5) is 7.87. The van der Waals surface area contributed by atoms with E-state index in [2.05, 4.69) is 39.7 Å². The van der Waals surface area contributed by atoms with Crippen molar-refractivity contribution in [2.45, 2.75) is 44.9 Å². The first kappa shape index (κ1) is 11.3. The van der Waals surface area contributed by atoms with E-state index in [4.69, 9.17) is 12.2 Å². The molecule has 1 aliphatic rings. The molecule has 1 heterocycles. The van der Waals surface area contributed by atoms with Gasteiger partial charge in [-0.05, 0) is 35.2 Å². The molecular formula is C11H15BrN2S. The molecule has 1 aliphatic carbocycles. The second-order valence-corrected chi connectivity index (χ2v) is 5.42. The Morgan fingerprint density at radius 2 is 2.27 bits per heavy atom. The van der Waals surface area contributed by atoms with E-state index in [9.17, 15) is 0 Å². The number of hydrogen-bond donors (Lipinski definition) is 1. The molecule has 2 nitrogen and oxygen atoms in total. The van der Waals surface area contributed by atoms with Crippen LogP contribution in [0.4, 0.5) is 0 Å². The third-order valence-electron chi connectivity index (χ3n) is 2.97. The van der Waals surface area contributed by atoms with Gasteiger partial charge < -0.3 is 4.98 Å². The Hall–Kier alpha value is -0.220. The molecule has 1 atom stereocenters. The molecule has 1 N–H and O–H groups in total. The average Bonchev–Trinajstić information content (AvgIpc) is 3.04. The van der Waals surface area contributed by atoms with E-state index in [0.717, 1.165) is 16.7 Å². The van der Waals surface area contributed by atoms with Crippen LogP contribution < -0.4 is 0 Å². The Morgan fingerprint density at radius 3 is 2.80 bits per heavy atom. The Morgan fingerprint density at radius 1 is 1.60 bits per heavy atom. The van der Waals surface area contributed by atoms with Crippen LogP contribution in [0, 0.1) is 4.64 Å². The van der Waals surface area contributed by atoms with Gasteiger partial charge in [0, 0.05) is 17.5 Å². The molecule has 0 aliphatic heterocycles. The number of halogens is 1. The highest BCUT2D eigenvalue weighted by atomic mass is 79.9. The topological polar surface area (TPSA) is 28.7 Å². The summed E-state index contributed by atoms with van der Waals surface area (Å²) < 4.78 is 1.69. The van der Waals surface area contributed by atoms with Gasteiger partial charge in [0.05, 0.1) is 4.47 Å². The molecule has 4 heteroatoms. The fraction of sp³-hybridized carbons (Fsp3) is 0.636. The zero-order chi connectivity index (χ0) is 11.0. The first-order chi connectivity index (χ1) is 7.13. The Balaban J connectivity index is 2.45. The van der Waals surface area contributed by atoms with E-state index in [-0.39, 0.29) is 0 Å². The molecule has 0 spiro atoms. The van der Waals surface area contributed by atoms with E-state index >= 15 is 0 Å². The normalized spacial score (nSPS) is 17.8. The molecule has 2 rings (SSSR count). The summed E-state index contributed by atoms with van der Waals surface area (Å²) in [5.74, 6) is 2.16. The lowest BCUT2D eigenvalue weighted by Gasteiger charge is -2.11. The van der Waals surface area contributed by atoms with Crippen molar-refractivity contribution in [1.82, 2.24) is 9.97 Å². The fourth-order valence-corrected chi connectivity index (χ4v) is 2.29. The van der Waals surface area contributed by atoms with Gasteiger partial charge in [-0.1, -0.05) is 26.1 Å². The van der Waals surface area contributed by atoms with Gasteiger partial charge in [-0.3, -0.25) is 0 Å². The second-order valence-electron chi connectivity index (χ2n) is 4.24. The number of hydrogen-bond acceptors (Lipinski definition) is 2. The standard InChI is InChI=1S/C11H15BrN2S/c1-3-6(2)10-13-9(7-4-5-7)8(12)11(15)14-10/h6-7H,3-5H2,1-2H3,(H,13,14,15). The molecule has 82 valence electrons. The summed E-state index contributed by atoms with van der Waals surface area (Å²) in [7, 11) is 0. The number of aromatic amines is 1. The third kappa shape index (κ3) is 2.31. The highest BCUT2D eigenvalue weighted by Crippen LogP contribution is 2.42. The van der Waals surface area contributed by atoms with Gasteiger partial charge >= 0.3 is 0 Å². The summed E-state index contributed by atoms with van der Waals surface area (Å²) >= 11 is 8.79. The van der Waals surface area contributed by atoms with Crippen molar-refractivity contribution in [2.24, 2.45) is 0 Å².